The predicted molar refractivity (Wildman–Crippen MR) is 102 cm³/mol. The molecule has 0 spiro atoms. The first-order valence-electron chi connectivity index (χ1n) is 9.05. The number of aryl methyl sites for hydroxylation is 1. The quantitative estimate of drug-likeness (QED) is 0.666. The molecule has 2 heterocycles. The van der Waals surface area contributed by atoms with Gasteiger partial charge in [-0.15, -0.1) is 0 Å². The summed E-state index contributed by atoms with van der Waals surface area (Å²) in [5, 5.41) is 12.7. The number of carbonyl (C=O) groups excluding carboxylic acids is 1. The smallest absolute Gasteiger partial charge is 0.269 e. The van der Waals surface area contributed by atoms with Gasteiger partial charge in [-0.3, -0.25) is 19.8 Å². The number of hydrogen-bond donors (Lipinski definition) is 3. The summed E-state index contributed by atoms with van der Waals surface area (Å²) in [6, 6.07) is 9.36. The van der Waals surface area contributed by atoms with E-state index < -0.39 is 0 Å². The lowest BCUT2D eigenvalue weighted by Gasteiger charge is -2.35. The standard InChI is InChI=1S/C20H23N5O2/c1-12-4-6-13(7-5-12)25-17-10-20(2,3)9-16(14(17)11-21-25)22-19(27)15-8-18(26)24-23-15/h4-8,11,16H,9-10H2,1-3H3,(H,22,27)(H2,23,24,26). The van der Waals surface area contributed by atoms with Crippen molar-refractivity contribution in [2.75, 3.05) is 0 Å². The fraction of sp³-hybridized carbons (Fsp3) is 0.350. The average molecular weight is 365 g/mol. The SMILES string of the molecule is Cc1ccc(-n2ncc3c2CC(C)(C)CC3NC(=O)c2cc(=O)[nH][nH]2)cc1. The van der Waals surface area contributed by atoms with E-state index in [0.717, 1.165) is 29.8 Å². The van der Waals surface area contributed by atoms with Crippen LogP contribution in [-0.2, 0) is 6.42 Å². The topological polar surface area (TPSA) is 95.6 Å². The third kappa shape index (κ3) is 3.32. The normalized spacial score (nSPS) is 18.1. The highest BCUT2D eigenvalue weighted by Gasteiger charge is 2.36. The molecule has 140 valence electrons. The molecule has 1 aliphatic rings. The van der Waals surface area contributed by atoms with Crippen LogP contribution >= 0.6 is 0 Å². The second kappa shape index (κ2) is 6.26. The summed E-state index contributed by atoms with van der Waals surface area (Å²) in [4.78, 5) is 23.8. The van der Waals surface area contributed by atoms with Gasteiger partial charge in [-0.1, -0.05) is 31.5 Å². The van der Waals surface area contributed by atoms with Crippen LogP contribution in [0.25, 0.3) is 5.69 Å². The van der Waals surface area contributed by atoms with Crippen LogP contribution in [0.1, 0.15) is 53.6 Å². The highest BCUT2D eigenvalue weighted by atomic mass is 16.2. The van der Waals surface area contributed by atoms with Crippen molar-refractivity contribution in [3.8, 4) is 5.69 Å². The molecule has 0 saturated carbocycles. The van der Waals surface area contributed by atoms with E-state index in [0.29, 0.717) is 0 Å². The molecule has 1 unspecified atom stereocenters. The lowest BCUT2D eigenvalue weighted by molar-refractivity contribution is 0.0914. The Morgan fingerprint density at radius 2 is 2.00 bits per heavy atom. The zero-order chi connectivity index (χ0) is 19.2. The molecule has 1 aliphatic carbocycles. The number of amides is 1. The van der Waals surface area contributed by atoms with Gasteiger partial charge in [-0.25, -0.2) is 4.68 Å². The maximum absolute atomic E-state index is 12.5. The van der Waals surface area contributed by atoms with Crippen molar-refractivity contribution in [1.82, 2.24) is 25.3 Å². The Hall–Kier alpha value is -3.09. The number of carbonyl (C=O) groups is 1. The number of rotatable bonds is 3. The maximum atomic E-state index is 12.5. The Morgan fingerprint density at radius 3 is 2.67 bits per heavy atom. The van der Waals surface area contributed by atoms with Crippen molar-refractivity contribution in [3.63, 3.8) is 0 Å². The monoisotopic (exact) mass is 365 g/mol. The fourth-order valence-electron chi connectivity index (χ4n) is 3.77. The second-order valence-corrected chi connectivity index (χ2v) is 8.04. The van der Waals surface area contributed by atoms with Crippen LogP contribution in [0.4, 0.5) is 0 Å². The minimum atomic E-state index is -0.322. The van der Waals surface area contributed by atoms with E-state index in [2.05, 4.69) is 65.6 Å². The number of nitrogens with zero attached hydrogens (tertiary/aromatic N) is 2. The predicted octanol–water partition coefficient (Wildman–Crippen LogP) is 2.64. The minimum Gasteiger partial charge on any atom is -0.344 e. The summed E-state index contributed by atoms with van der Waals surface area (Å²) < 4.78 is 1.97. The largest absolute Gasteiger partial charge is 0.344 e. The van der Waals surface area contributed by atoms with Crippen molar-refractivity contribution in [2.24, 2.45) is 5.41 Å². The van der Waals surface area contributed by atoms with Crippen molar-refractivity contribution in [2.45, 2.75) is 39.7 Å². The number of H-pyrrole nitrogens is 2. The molecule has 0 bridgehead atoms. The van der Waals surface area contributed by atoms with Crippen LogP contribution in [0.15, 0.2) is 41.3 Å². The fourth-order valence-corrected chi connectivity index (χ4v) is 3.77. The van der Waals surface area contributed by atoms with Crippen LogP contribution in [0.5, 0.6) is 0 Å². The molecule has 3 aromatic rings. The van der Waals surface area contributed by atoms with Gasteiger partial charge >= 0.3 is 0 Å². The molecule has 7 nitrogen and oxygen atoms in total. The van der Waals surface area contributed by atoms with Crippen molar-refractivity contribution < 1.29 is 4.79 Å². The van der Waals surface area contributed by atoms with Gasteiger partial charge in [-0.05, 0) is 37.3 Å². The van der Waals surface area contributed by atoms with Gasteiger partial charge in [0.15, 0.2) is 0 Å². The first-order chi connectivity index (χ1) is 12.8. The van der Waals surface area contributed by atoms with Gasteiger partial charge in [0.05, 0.1) is 23.6 Å². The summed E-state index contributed by atoms with van der Waals surface area (Å²) in [6.07, 6.45) is 3.53. The molecule has 0 aliphatic heterocycles. The first kappa shape index (κ1) is 17.3. The van der Waals surface area contributed by atoms with E-state index >= 15 is 0 Å². The highest BCUT2D eigenvalue weighted by Crippen LogP contribution is 2.41. The molecule has 1 aromatic carbocycles. The molecular formula is C20H23N5O2. The van der Waals surface area contributed by atoms with E-state index in [9.17, 15) is 9.59 Å². The molecule has 0 fully saturated rings. The van der Waals surface area contributed by atoms with E-state index in [1.165, 1.54) is 11.6 Å². The Labute approximate surface area is 156 Å². The van der Waals surface area contributed by atoms with Crippen molar-refractivity contribution in [1.29, 1.82) is 0 Å². The van der Waals surface area contributed by atoms with E-state index in [1.807, 2.05) is 10.9 Å². The van der Waals surface area contributed by atoms with Gasteiger partial charge in [0.1, 0.15) is 5.69 Å². The number of hydrogen-bond acceptors (Lipinski definition) is 3. The van der Waals surface area contributed by atoms with Gasteiger partial charge < -0.3 is 5.32 Å². The number of fused-ring (bicyclic) bond motifs is 1. The van der Waals surface area contributed by atoms with Crippen molar-refractivity contribution in [3.05, 3.63) is 69.4 Å². The molecular weight excluding hydrogens is 342 g/mol. The zero-order valence-electron chi connectivity index (χ0n) is 15.7. The molecule has 1 amide bonds. The van der Waals surface area contributed by atoms with E-state index in [1.54, 1.807) is 0 Å². The number of aromatic amines is 2. The van der Waals surface area contributed by atoms with Gasteiger partial charge in [-0.2, -0.15) is 5.10 Å². The molecule has 2 aromatic heterocycles. The van der Waals surface area contributed by atoms with Gasteiger partial charge in [0.25, 0.3) is 11.5 Å². The molecule has 27 heavy (non-hydrogen) atoms. The summed E-state index contributed by atoms with van der Waals surface area (Å²) in [5.74, 6) is -0.301. The van der Waals surface area contributed by atoms with E-state index in [-0.39, 0.29) is 28.6 Å². The zero-order valence-corrected chi connectivity index (χ0v) is 15.7. The molecule has 4 rings (SSSR count). The number of nitrogens with one attached hydrogen (secondary N) is 3. The lowest BCUT2D eigenvalue weighted by atomic mass is 9.74. The highest BCUT2D eigenvalue weighted by molar-refractivity contribution is 5.92. The van der Waals surface area contributed by atoms with Crippen LogP contribution in [-0.4, -0.2) is 25.9 Å². The summed E-state index contributed by atoms with van der Waals surface area (Å²) in [5.41, 5.74) is 4.28. The molecule has 1 atom stereocenters. The van der Waals surface area contributed by atoms with Crippen LogP contribution in [0, 0.1) is 12.3 Å². The first-order valence-corrected chi connectivity index (χ1v) is 9.05. The van der Waals surface area contributed by atoms with Crippen LogP contribution in [0.3, 0.4) is 0 Å². The van der Waals surface area contributed by atoms with Crippen LogP contribution < -0.4 is 10.9 Å². The molecule has 7 heteroatoms. The Balaban J connectivity index is 1.69. The van der Waals surface area contributed by atoms with E-state index in [4.69, 9.17) is 0 Å². The Kier molecular flexibility index (Phi) is 4.02. The van der Waals surface area contributed by atoms with Crippen LogP contribution in [0.2, 0.25) is 0 Å². The molecule has 0 saturated heterocycles. The minimum absolute atomic E-state index is 0.0129. The number of aromatic nitrogens is 4. The summed E-state index contributed by atoms with van der Waals surface area (Å²) in [6.45, 7) is 6.45. The number of benzene rings is 1. The molecule has 3 N–H and O–H groups in total. The maximum Gasteiger partial charge on any atom is 0.269 e. The van der Waals surface area contributed by atoms with Gasteiger partial charge in [0.2, 0.25) is 0 Å². The van der Waals surface area contributed by atoms with Gasteiger partial charge in [0, 0.05) is 11.6 Å². The van der Waals surface area contributed by atoms with Crippen molar-refractivity contribution >= 4 is 5.91 Å². The molecule has 0 radical (unpaired) electrons. The lowest BCUT2D eigenvalue weighted by Crippen LogP contribution is -2.37. The Morgan fingerprint density at radius 1 is 1.26 bits per heavy atom. The Bertz CT molecular complexity index is 1040. The summed E-state index contributed by atoms with van der Waals surface area (Å²) >= 11 is 0. The second-order valence-electron chi connectivity index (χ2n) is 8.04. The average Bonchev–Trinajstić information content (AvgIpc) is 3.21. The third-order valence-electron chi connectivity index (χ3n) is 5.10. The summed E-state index contributed by atoms with van der Waals surface area (Å²) in [7, 11) is 0. The third-order valence-corrected chi connectivity index (χ3v) is 5.10.